The minimum atomic E-state index is -0.127. The Morgan fingerprint density at radius 3 is 2.44 bits per heavy atom. The highest BCUT2D eigenvalue weighted by atomic mass is 16.6. The van der Waals surface area contributed by atoms with Crippen LogP contribution in [0.15, 0.2) is 12.1 Å². The standard InChI is InChI=1S/C14H19NO3/c1-9-6-11-12(18-5-4-17-11)7-10(9)13(15)14(8-16)2-3-14/h6-7,13,16H,2-5,8,15H2,1H3. The number of aliphatic hydroxyl groups excluding tert-OH is 1. The Bertz CT molecular complexity index is 468. The Hall–Kier alpha value is -1.26. The molecule has 1 heterocycles. The zero-order valence-electron chi connectivity index (χ0n) is 10.6. The lowest BCUT2D eigenvalue weighted by Crippen LogP contribution is -2.27. The monoisotopic (exact) mass is 249 g/mol. The first-order chi connectivity index (χ1) is 8.66. The van der Waals surface area contributed by atoms with Crippen LogP contribution in [0.5, 0.6) is 11.5 Å². The SMILES string of the molecule is Cc1cc2c(cc1C(N)C1(CO)CC1)OCCO2. The number of ether oxygens (including phenoxy) is 2. The average molecular weight is 249 g/mol. The molecule has 1 aliphatic carbocycles. The van der Waals surface area contributed by atoms with Crippen molar-refractivity contribution in [3.8, 4) is 11.5 Å². The fourth-order valence-electron chi connectivity index (χ4n) is 2.60. The number of nitrogens with two attached hydrogens (primary N) is 1. The number of benzene rings is 1. The van der Waals surface area contributed by atoms with E-state index in [2.05, 4.69) is 0 Å². The molecule has 0 spiro atoms. The van der Waals surface area contributed by atoms with Gasteiger partial charge in [-0.2, -0.15) is 0 Å². The highest BCUT2D eigenvalue weighted by Gasteiger charge is 2.48. The zero-order chi connectivity index (χ0) is 12.8. The van der Waals surface area contributed by atoms with Crippen LogP contribution in [0.25, 0.3) is 0 Å². The van der Waals surface area contributed by atoms with Gasteiger partial charge >= 0.3 is 0 Å². The molecule has 1 atom stereocenters. The lowest BCUT2D eigenvalue weighted by atomic mass is 9.88. The third-order valence-corrected chi connectivity index (χ3v) is 4.13. The van der Waals surface area contributed by atoms with E-state index in [1.807, 2.05) is 19.1 Å². The molecule has 0 amide bonds. The summed E-state index contributed by atoms with van der Waals surface area (Å²) in [6.07, 6.45) is 2.00. The van der Waals surface area contributed by atoms with Crippen LogP contribution in [0.3, 0.4) is 0 Å². The number of hydrogen-bond donors (Lipinski definition) is 2. The molecular weight excluding hydrogens is 230 g/mol. The molecule has 98 valence electrons. The second-order valence-electron chi connectivity index (χ2n) is 5.35. The molecule has 1 aromatic carbocycles. The Balaban J connectivity index is 1.96. The Morgan fingerprint density at radius 2 is 1.89 bits per heavy atom. The maximum atomic E-state index is 9.48. The fourth-order valence-corrected chi connectivity index (χ4v) is 2.60. The quantitative estimate of drug-likeness (QED) is 0.853. The van der Waals surface area contributed by atoms with Crippen molar-refractivity contribution in [2.24, 2.45) is 11.1 Å². The fraction of sp³-hybridized carbons (Fsp3) is 0.571. The van der Waals surface area contributed by atoms with E-state index in [0.717, 1.165) is 35.5 Å². The van der Waals surface area contributed by atoms with Gasteiger partial charge in [0.1, 0.15) is 13.2 Å². The highest BCUT2D eigenvalue weighted by Crippen LogP contribution is 2.54. The van der Waals surface area contributed by atoms with Gasteiger partial charge in [0, 0.05) is 11.5 Å². The van der Waals surface area contributed by atoms with Crippen molar-refractivity contribution >= 4 is 0 Å². The molecule has 4 heteroatoms. The van der Waals surface area contributed by atoms with Gasteiger partial charge in [-0.1, -0.05) is 0 Å². The Morgan fingerprint density at radius 1 is 1.28 bits per heavy atom. The number of hydrogen-bond acceptors (Lipinski definition) is 4. The smallest absolute Gasteiger partial charge is 0.161 e. The van der Waals surface area contributed by atoms with Crippen molar-refractivity contribution in [3.63, 3.8) is 0 Å². The van der Waals surface area contributed by atoms with Crippen LogP contribution < -0.4 is 15.2 Å². The topological polar surface area (TPSA) is 64.7 Å². The third-order valence-electron chi connectivity index (χ3n) is 4.13. The average Bonchev–Trinajstić information content (AvgIpc) is 3.18. The number of fused-ring (bicyclic) bond motifs is 1. The Kier molecular flexibility index (Phi) is 2.72. The Labute approximate surface area is 107 Å². The minimum Gasteiger partial charge on any atom is -0.486 e. The lowest BCUT2D eigenvalue weighted by molar-refractivity contribution is 0.169. The van der Waals surface area contributed by atoms with E-state index in [1.54, 1.807) is 0 Å². The van der Waals surface area contributed by atoms with E-state index in [-0.39, 0.29) is 18.1 Å². The van der Waals surface area contributed by atoms with Crippen LogP contribution in [0.4, 0.5) is 0 Å². The molecule has 0 aromatic heterocycles. The minimum absolute atomic E-state index is 0.117. The van der Waals surface area contributed by atoms with E-state index in [1.165, 1.54) is 0 Å². The summed E-state index contributed by atoms with van der Waals surface area (Å²) in [4.78, 5) is 0. The van der Waals surface area contributed by atoms with Gasteiger partial charge in [-0.05, 0) is 43.0 Å². The van der Waals surface area contributed by atoms with Crippen LogP contribution in [0, 0.1) is 12.3 Å². The van der Waals surface area contributed by atoms with Gasteiger partial charge in [-0.15, -0.1) is 0 Å². The summed E-state index contributed by atoms with van der Waals surface area (Å²) in [5, 5.41) is 9.48. The second kappa shape index (κ2) is 4.14. The lowest BCUT2D eigenvalue weighted by Gasteiger charge is -2.26. The van der Waals surface area contributed by atoms with E-state index < -0.39 is 0 Å². The first-order valence-corrected chi connectivity index (χ1v) is 6.43. The predicted molar refractivity (Wildman–Crippen MR) is 67.9 cm³/mol. The molecule has 0 bridgehead atoms. The van der Waals surface area contributed by atoms with Gasteiger partial charge in [0.25, 0.3) is 0 Å². The predicted octanol–water partition coefficient (Wildman–Crippen LogP) is 1.54. The maximum absolute atomic E-state index is 9.48. The summed E-state index contributed by atoms with van der Waals surface area (Å²) in [6, 6.07) is 3.83. The van der Waals surface area contributed by atoms with Crippen LogP contribution in [-0.4, -0.2) is 24.9 Å². The van der Waals surface area contributed by atoms with E-state index in [9.17, 15) is 5.11 Å². The molecule has 2 aliphatic rings. The summed E-state index contributed by atoms with van der Waals surface area (Å²) in [7, 11) is 0. The van der Waals surface area contributed by atoms with Crippen molar-refractivity contribution < 1.29 is 14.6 Å². The van der Waals surface area contributed by atoms with Crippen LogP contribution in [0.1, 0.15) is 30.0 Å². The van der Waals surface area contributed by atoms with E-state index >= 15 is 0 Å². The van der Waals surface area contributed by atoms with Crippen LogP contribution >= 0.6 is 0 Å². The van der Waals surface area contributed by atoms with Gasteiger partial charge in [0.05, 0.1) is 6.61 Å². The van der Waals surface area contributed by atoms with Gasteiger partial charge in [-0.25, -0.2) is 0 Å². The summed E-state index contributed by atoms with van der Waals surface area (Å²) < 4.78 is 11.1. The molecule has 1 fully saturated rings. The maximum Gasteiger partial charge on any atom is 0.161 e. The normalized spacial score (nSPS) is 21.5. The van der Waals surface area contributed by atoms with Crippen molar-refractivity contribution in [3.05, 3.63) is 23.3 Å². The number of aryl methyl sites for hydroxylation is 1. The number of aliphatic hydroxyl groups is 1. The van der Waals surface area contributed by atoms with E-state index in [4.69, 9.17) is 15.2 Å². The molecule has 3 N–H and O–H groups in total. The molecule has 1 unspecified atom stereocenters. The molecule has 1 aromatic rings. The van der Waals surface area contributed by atoms with Gasteiger partial charge in [0.2, 0.25) is 0 Å². The van der Waals surface area contributed by atoms with Gasteiger partial charge in [-0.3, -0.25) is 0 Å². The second-order valence-corrected chi connectivity index (χ2v) is 5.35. The molecule has 4 nitrogen and oxygen atoms in total. The number of rotatable bonds is 3. The van der Waals surface area contributed by atoms with Crippen molar-refractivity contribution in [2.45, 2.75) is 25.8 Å². The molecule has 3 rings (SSSR count). The molecule has 18 heavy (non-hydrogen) atoms. The summed E-state index contributed by atoms with van der Waals surface area (Å²) >= 11 is 0. The highest BCUT2D eigenvalue weighted by molar-refractivity contribution is 5.49. The summed E-state index contributed by atoms with van der Waals surface area (Å²) in [5.41, 5.74) is 8.37. The van der Waals surface area contributed by atoms with Gasteiger partial charge in [0.15, 0.2) is 11.5 Å². The van der Waals surface area contributed by atoms with Crippen molar-refractivity contribution in [1.82, 2.24) is 0 Å². The van der Waals surface area contributed by atoms with Crippen molar-refractivity contribution in [2.75, 3.05) is 19.8 Å². The van der Waals surface area contributed by atoms with Crippen LogP contribution in [-0.2, 0) is 0 Å². The van der Waals surface area contributed by atoms with E-state index in [0.29, 0.717) is 13.2 Å². The molecule has 0 radical (unpaired) electrons. The molecule has 1 aliphatic heterocycles. The van der Waals surface area contributed by atoms with Gasteiger partial charge < -0.3 is 20.3 Å². The first kappa shape index (κ1) is 11.8. The summed E-state index contributed by atoms with van der Waals surface area (Å²) in [5.74, 6) is 1.56. The van der Waals surface area contributed by atoms with Crippen molar-refractivity contribution in [1.29, 1.82) is 0 Å². The first-order valence-electron chi connectivity index (χ1n) is 6.43. The largest absolute Gasteiger partial charge is 0.486 e. The molecule has 0 saturated heterocycles. The summed E-state index contributed by atoms with van der Waals surface area (Å²) in [6.45, 7) is 3.36. The molecular formula is C14H19NO3. The zero-order valence-corrected chi connectivity index (χ0v) is 10.6. The third kappa shape index (κ3) is 1.76. The van der Waals surface area contributed by atoms with Crippen LogP contribution in [0.2, 0.25) is 0 Å². The molecule has 1 saturated carbocycles.